The number of aromatic nitrogens is 1. The van der Waals surface area contributed by atoms with Crippen LogP contribution >= 0.6 is 39.0 Å². The van der Waals surface area contributed by atoms with Crippen molar-refractivity contribution >= 4 is 54.4 Å². The molecule has 1 aliphatic rings. The van der Waals surface area contributed by atoms with Crippen molar-refractivity contribution in [3.63, 3.8) is 0 Å². The van der Waals surface area contributed by atoms with Gasteiger partial charge in [-0.2, -0.15) is 11.8 Å². The first kappa shape index (κ1) is 12.8. The van der Waals surface area contributed by atoms with Gasteiger partial charge in [0, 0.05) is 15.8 Å². The second kappa shape index (κ2) is 5.39. The van der Waals surface area contributed by atoms with Crippen molar-refractivity contribution in [3.8, 4) is 0 Å². The summed E-state index contributed by atoms with van der Waals surface area (Å²) in [5.74, 6) is 0. The number of thiazole rings is 1. The highest BCUT2D eigenvalue weighted by Gasteiger charge is 2.26. The Labute approximate surface area is 124 Å². The zero-order valence-electron chi connectivity index (χ0n) is 10.1. The van der Waals surface area contributed by atoms with E-state index in [0.717, 1.165) is 20.4 Å². The van der Waals surface area contributed by atoms with Crippen molar-refractivity contribution in [1.29, 1.82) is 0 Å². The highest BCUT2D eigenvalue weighted by atomic mass is 79.9. The van der Waals surface area contributed by atoms with Gasteiger partial charge >= 0.3 is 0 Å². The summed E-state index contributed by atoms with van der Waals surface area (Å²) in [6.07, 6.45) is 6.14. The van der Waals surface area contributed by atoms with Crippen LogP contribution in [0.15, 0.2) is 22.7 Å². The maximum Gasteiger partial charge on any atom is 0.184 e. The van der Waals surface area contributed by atoms with Gasteiger partial charge in [-0.25, -0.2) is 4.98 Å². The summed E-state index contributed by atoms with van der Waals surface area (Å²) in [5, 5.41) is 5.43. The molecule has 96 valence electrons. The second-order valence-corrected chi connectivity index (χ2v) is 7.61. The van der Waals surface area contributed by atoms with Gasteiger partial charge < -0.3 is 5.32 Å². The first-order valence-corrected chi connectivity index (χ1v) is 9.01. The first-order chi connectivity index (χ1) is 8.76. The van der Waals surface area contributed by atoms with Gasteiger partial charge in [-0.3, -0.25) is 0 Å². The van der Waals surface area contributed by atoms with Crippen molar-refractivity contribution in [3.05, 3.63) is 22.7 Å². The number of nitrogens with zero attached hydrogens (tertiary/aromatic N) is 1. The molecular formula is C13H15BrN2S2. The van der Waals surface area contributed by atoms with Gasteiger partial charge in [0.25, 0.3) is 0 Å². The molecule has 1 heterocycles. The Bertz CT molecular complexity index is 555. The molecule has 0 aliphatic heterocycles. The molecule has 1 N–H and O–H groups in total. The van der Waals surface area contributed by atoms with Gasteiger partial charge in [0.1, 0.15) is 0 Å². The molecule has 0 saturated heterocycles. The minimum Gasteiger partial charge on any atom is -0.358 e. The number of fused-ring (bicyclic) bond motifs is 1. The molecule has 5 heteroatoms. The van der Waals surface area contributed by atoms with Crippen molar-refractivity contribution in [1.82, 2.24) is 4.98 Å². The zero-order chi connectivity index (χ0) is 12.5. The molecule has 3 rings (SSSR count). The van der Waals surface area contributed by atoms with Gasteiger partial charge in [-0.15, -0.1) is 0 Å². The van der Waals surface area contributed by atoms with Crippen LogP contribution in [0.1, 0.15) is 19.3 Å². The molecule has 1 aliphatic carbocycles. The van der Waals surface area contributed by atoms with Gasteiger partial charge in [0.05, 0.1) is 10.2 Å². The molecule has 2 nitrogen and oxygen atoms in total. The van der Waals surface area contributed by atoms with E-state index in [2.05, 4.69) is 50.7 Å². The van der Waals surface area contributed by atoms with Crippen LogP contribution in [0.2, 0.25) is 0 Å². The Morgan fingerprint density at radius 2 is 2.33 bits per heavy atom. The van der Waals surface area contributed by atoms with Crippen LogP contribution in [0.3, 0.4) is 0 Å². The first-order valence-electron chi connectivity index (χ1n) is 6.11. The molecular weight excluding hydrogens is 328 g/mol. The highest BCUT2D eigenvalue weighted by Crippen LogP contribution is 2.34. The van der Waals surface area contributed by atoms with Crippen LogP contribution in [0.25, 0.3) is 10.2 Å². The normalized spacial score (nSPS) is 23.7. The SMILES string of the molecule is CSC1CCCC1Nc1nc2cc(Br)ccc2s1. The monoisotopic (exact) mass is 342 g/mol. The predicted molar refractivity (Wildman–Crippen MR) is 85.9 cm³/mol. The van der Waals surface area contributed by atoms with Crippen LogP contribution in [0.4, 0.5) is 5.13 Å². The van der Waals surface area contributed by atoms with E-state index in [1.807, 2.05) is 11.8 Å². The van der Waals surface area contributed by atoms with Crippen molar-refractivity contribution < 1.29 is 0 Å². The smallest absolute Gasteiger partial charge is 0.184 e. The number of hydrogen-bond acceptors (Lipinski definition) is 4. The average Bonchev–Trinajstić information content (AvgIpc) is 2.94. The molecule has 1 aromatic heterocycles. The van der Waals surface area contributed by atoms with Crippen molar-refractivity contribution in [2.75, 3.05) is 11.6 Å². The molecule has 0 amide bonds. The van der Waals surface area contributed by atoms with Crippen LogP contribution in [-0.2, 0) is 0 Å². The fraction of sp³-hybridized carbons (Fsp3) is 0.462. The minimum absolute atomic E-state index is 0.587. The Morgan fingerprint density at radius 3 is 3.17 bits per heavy atom. The van der Waals surface area contributed by atoms with Gasteiger partial charge in [0.15, 0.2) is 5.13 Å². The Morgan fingerprint density at radius 1 is 1.44 bits per heavy atom. The number of halogens is 1. The Kier molecular flexibility index (Phi) is 3.82. The van der Waals surface area contributed by atoms with E-state index >= 15 is 0 Å². The van der Waals surface area contributed by atoms with E-state index in [4.69, 9.17) is 0 Å². The molecule has 0 spiro atoms. The van der Waals surface area contributed by atoms with Gasteiger partial charge in [-0.1, -0.05) is 33.7 Å². The number of nitrogens with one attached hydrogen (secondary N) is 1. The van der Waals surface area contributed by atoms with Gasteiger partial charge in [-0.05, 0) is 37.3 Å². The molecule has 2 unspecified atom stereocenters. The number of hydrogen-bond donors (Lipinski definition) is 1. The summed E-state index contributed by atoms with van der Waals surface area (Å²) in [6.45, 7) is 0. The molecule has 1 fully saturated rings. The Balaban J connectivity index is 1.82. The molecule has 18 heavy (non-hydrogen) atoms. The fourth-order valence-electron chi connectivity index (χ4n) is 2.49. The number of rotatable bonds is 3. The zero-order valence-corrected chi connectivity index (χ0v) is 13.4. The van der Waals surface area contributed by atoms with E-state index in [1.54, 1.807) is 11.3 Å². The lowest BCUT2D eigenvalue weighted by Crippen LogP contribution is -2.25. The molecule has 1 saturated carbocycles. The maximum atomic E-state index is 4.67. The predicted octanol–water partition coefficient (Wildman–Crippen LogP) is 4.75. The quantitative estimate of drug-likeness (QED) is 0.870. The lowest BCUT2D eigenvalue weighted by Gasteiger charge is -2.18. The van der Waals surface area contributed by atoms with Gasteiger partial charge in [0.2, 0.25) is 0 Å². The standard InChI is InChI=1S/C13H15BrN2S2/c1-17-11-4-2-3-9(11)15-13-16-10-7-8(14)5-6-12(10)18-13/h5-7,9,11H,2-4H2,1H3,(H,15,16). The van der Waals surface area contributed by atoms with Crippen LogP contribution in [0.5, 0.6) is 0 Å². The van der Waals surface area contributed by atoms with E-state index in [9.17, 15) is 0 Å². The van der Waals surface area contributed by atoms with Crippen LogP contribution in [0, 0.1) is 0 Å². The van der Waals surface area contributed by atoms with E-state index in [1.165, 1.54) is 24.0 Å². The van der Waals surface area contributed by atoms with E-state index < -0.39 is 0 Å². The third kappa shape index (κ3) is 2.53. The lowest BCUT2D eigenvalue weighted by molar-refractivity contribution is 0.768. The van der Waals surface area contributed by atoms with E-state index in [-0.39, 0.29) is 0 Å². The maximum absolute atomic E-state index is 4.67. The molecule has 0 radical (unpaired) electrons. The highest BCUT2D eigenvalue weighted by molar-refractivity contribution is 9.10. The number of thioether (sulfide) groups is 1. The molecule has 1 aromatic carbocycles. The number of benzene rings is 1. The number of anilines is 1. The van der Waals surface area contributed by atoms with Crippen LogP contribution < -0.4 is 5.32 Å². The van der Waals surface area contributed by atoms with E-state index in [0.29, 0.717) is 6.04 Å². The third-order valence-electron chi connectivity index (χ3n) is 3.41. The minimum atomic E-state index is 0.587. The largest absolute Gasteiger partial charge is 0.358 e. The third-order valence-corrected chi connectivity index (χ3v) is 6.04. The van der Waals surface area contributed by atoms with Crippen molar-refractivity contribution in [2.24, 2.45) is 0 Å². The summed E-state index contributed by atoms with van der Waals surface area (Å²) in [4.78, 5) is 4.67. The summed E-state index contributed by atoms with van der Waals surface area (Å²) < 4.78 is 2.34. The molecule has 0 bridgehead atoms. The topological polar surface area (TPSA) is 24.9 Å². The summed E-state index contributed by atoms with van der Waals surface area (Å²) in [6, 6.07) is 6.87. The van der Waals surface area contributed by atoms with Crippen LogP contribution in [-0.4, -0.2) is 22.5 Å². The van der Waals surface area contributed by atoms with Crippen molar-refractivity contribution in [2.45, 2.75) is 30.6 Å². The summed E-state index contributed by atoms with van der Waals surface area (Å²) in [7, 11) is 0. The summed E-state index contributed by atoms with van der Waals surface area (Å²) in [5.41, 5.74) is 1.08. The Hall–Kier alpha value is -0.260. The molecule has 2 atom stereocenters. The second-order valence-electron chi connectivity index (χ2n) is 4.59. The fourth-order valence-corrected chi connectivity index (χ4v) is 4.69. The molecule has 2 aromatic rings. The average molecular weight is 343 g/mol. The summed E-state index contributed by atoms with van der Waals surface area (Å²) >= 11 is 7.22. The lowest BCUT2D eigenvalue weighted by atomic mass is 10.2.